The van der Waals surface area contributed by atoms with Crippen molar-refractivity contribution in [3.8, 4) is 0 Å². The molecule has 0 saturated carbocycles. The molecule has 0 aliphatic heterocycles. The van der Waals surface area contributed by atoms with E-state index in [9.17, 15) is 0 Å². The zero-order valence-electron chi connectivity index (χ0n) is 15.0. The SMILES string of the molecule is CCCCNC(=NCc1ccc(C)cc1)NCCn1cc(C)cn1. The van der Waals surface area contributed by atoms with Gasteiger partial charge in [-0.25, -0.2) is 4.99 Å². The van der Waals surface area contributed by atoms with E-state index in [2.05, 4.69) is 67.0 Å². The van der Waals surface area contributed by atoms with Crippen LogP contribution in [0, 0.1) is 13.8 Å². The van der Waals surface area contributed by atoms with Gasteiger partial charge in [0.1, 0.15) is 0 Å². The summed E-state index contributed by atoms with van der Waals surface area (Å²) < 4.78 is 1.95. The molecule has 2 N–H and O–H groups in total. The number of hydrogen-bond donors (Lipinski definition) is 2. The van der Waals surface area contributed by atoms with Gasteiger partial charge in [0, 0.05) is 19.3 Å². The first kappa shape index (κ1) is 18.0. The van der Waals surface area contributed by atoms with E-state index < -0.39 is 0 Å². The number of nitrogens with zero attached hydrogens (tertiary/aromatic N) is 3. The first-order chi connectivity index (χ1) is 11.7. The first-order valence-electron chi connectivity index (χ1n) is 8.74. The van der Waals surface area contributed by atoms with Crippen LogP contribution >= 0.6 is 0 Å². The Hall–Kier alpha value is -2.30. The van der Waals surface area contributed by atoms with E-state index in [0.717, 1.165) is 32.0 Å². The molecule has 0 fully saturated rings. The van der Waals surface area contributed by atoms with Crippen LogP contribution in [0.25, 0.3) is 0 Å². The molecule has 130 valence electrons. The zero-order chi connectivity index (χ0) is 17.2. The van der Waals surface area contributed by atoms with E-state index in [-0.39, 0.29) is 0 Å². The molecule has 0 aliphatic carbocycles. The topological polar surface area (TPSA) is 54.2 Å². The zero-order valence-corrected chi connectivity index (χ0v) is 15.0. The summed E-state index contributed by atoms with van der Waals surface area (Å²) in [7, 11) is 0. The Morgan fingerprint density at radius 3 is 2.50 bits per heavy atom. The second kappa shape index (κ2) is 9.75. The summed E-state index contributed by atoms with van der Waals surface area (Å²) in [4.78, 5) is 4.70. The Kier molecular flexibility index (Phi) is 7.33. The number of nitrogens with one attached hydrogen (secondary N) is 2. The van der Waals surface area contributed by atoms with Crippen molar-refractivity contribution in [2.75, 3.05) is 13.1 Å². The molecule has 5 heteroatoms. The smallest absolute Gasteiger partial charge is 0.191 e. The van der Waals surface area contributed by atoms with Crippen LogP contribution in [0.3, 0.4) is 0 Å². The fraction of sp³-hybridized carbons (Fsp3) is 0.474. The lowest BCUT2D eigenvalue weighted by Gasteiger charge is -2.12. The van der Waals surface area contributed by atoms with Crippen molar-refractivity contribution in [2.24, 2.45) is 4.99 Å². The number of aryl methyl sites for hydroxylation is 2. The van der Waals surface area contributed by atoms with Gasteiger partial charge in [-0.2, -0.15) is 5.10 Å². The van der Waals surface area contributed by atoms with Crippen LogP contribution in [0.2, 0.25) is 0 Å². The predicted molar refractivity (Wildman–Crippen MR) is 100 cm³/mol. The van der Waals surface area contributed by atoms with Crippen LogP contribution in [-0.4, -0.2) is 28.8 Å². The van der Waals surface area contributed by atoms with E-state index >= 15 is 0 Å². The third-order valence-corrected chi connectivity index (χ3v) is 3.76. The van der Waals surface area contributed by atoms with Gasteiger partial charge in [0.2, 0.25) is 0 Å². The average Bonchev–Trinajstić information content (AvgIpc) is 2.99. The summed E-state index contributed by atoms with van der Waals surface area (Å²) in [6, 6.07) is 8.52. The lowest BCUT2D eigenvalue weighted by atomic mass is 10.1. The van der Waals surface area contributed by atoms with Gasteiger partial charge in [0.25, 0.3) is 0 Å². The summed E-state index contributed by atoms with van der Waals surface area (Å²) in [5.74, 6) is 0.868. The summed E-state index contributed by atoms with van der Waals surface area (Å²) in [6.07, 6.45) is 6.25. The molecule has 0 bridgehead atoms. The minimum atomic E-state index is 0.683. The second-order valence-corrected chi connectivity index (χ2v) is 6.14. The van der Waals surface area contributed by atoms with Gasteiger partial charge in [0.05, 0.1) is 19.3 Å². The van der Waals surface area contributed by atoms with Gasteiger partial charge in [-0.1, -0.05) is 43.2 Å². The lowest BCUT2D eigenvalue weighted by Crippen LogP contribution is -2.39. The molecule has 0 aliphatic rings. The quantitative estimate of drug-likeness (QED) is 0.445. The molecule has 0 saturated heterocycles. The Bertz CT molecular complexity index is 627. The van der Waals surface area contributed by atoms with Crippen LogP contribution < -0.4 is 10.6 Å². The number of benzene rings is 1. The molecule has 5 nitrogen and oxygen atoms in total. The maximum absolute atomic E-state index is 4.70. The van der Waals surface area contributed by atoms with Gasteiger partial charge in [-0.3, -0.25) is 4.68 Å². The highest BCUT2D eigenvalue weighted by atomic mass is 15.3. The van der Waals surface area contributed by atoms with Crippen molar-refractivity contribution in [3.63, 3.8) is 0 Å². The maximum Gasteiger partial charge on any atom is 0.191 e. The maximum atomic E-state index is 4.70. The second-order valence-electron chi connectivity index (χ2n) is 6.14. The molecule has 24 heavy (non-hydrogen) atoms. The minimum Gasteiger partial charge on any atom is -0.356 e. The van der Waals surface area contributed by atoms with Gasteiger partial charge in [-0.15, -0.1) is 0 Å². The minimum absolute atomic E-state index is 0.683. The molecule has 0 radical (unpaired) electrons. The van der Waals surface area contributed by atoms with Crippen LogP contribution in [0.5, 0.6) is 0 Å². The molecular formula is C19H29N5. The van der Waals surface area contributed by atoms with Gasteiger partial charge in [0.15, 0.2) is 5.96 Å². The van der Waals surface area contributed by atoms with Crippen LogP contribution in [0.1, 0.15) is 36.5 Å². The Labute approximate surface area is 145 Å². The molecule has 2 aromatic rings. The van der Waals surface area contributed by atoms with Crippen LogP contribution in [0.15, 0.2) is 41.7 Å². The highest BCUT2D eigenvalue weighted by Crippen LogP contribution is 2.04. The van der Waals surface area contributed by atoms with Gasteiger partial charge >= 0.3 is 0 Å². The van der Waals surface area contributed by atoms with E-state index in [1.54, 1.807) is 0 Å². The standard InChI is InChI=1S/C19H29N5/c1-4-5-10-20-19(21-11-12-24-15-17(3)13-23-24)22-14-18-8-6-16(2)7-9-18/h6-9,13,15H,4-5,10-12,14H2,1-3H3,(H2,20,21,22). The van der Waals surface area contributed by atoms with Crippen molar-refractivity contribution in [3.05, 3.63) is 53.3 Å². The number of aromatic nitrogens is 2. The number of unbranched alkanes of at least 4 members (excludes halogenated alkanes) is 1. The van der Waals surface area contributed by atoms with Crippen molar-refractivity contribution in [1.29, 1.82) is 0 Å². The van der Waals surface area contributed by atoms with Crippen molar-refractivity contribution >= 4 is 5.96 Å². The number of rotatable bonds is 8. The fourth-order valence-electron chi connectivity index (χ4n) is 2.30. The van der Waals surface area contributed by atoms with Gasteiger partial charge < -0.3 is 10.6 Å². The molecule has 2 rings (SSSR count). The summed E-state index contributed by atoms with van der Waals surface area (Å²) in [5, 5.41) is 11.1. The monoisotopic (exact) mass is 327 g/mol. The largest absolute Gasteiger partial charge is 0.356 e. The Morgan fingerprint density at radius 2 is 1.83 bits per heavy atom. The third kappa shape index (κ3) is 6.44. The lowest BCUT2D eigenvalue weighted by molar-refractivity contribution is 0.595. The van der Waals surface area contributed by atoms with Crippen molar-refractivity contribution in [1.82, 2.24) is 20.4 Å². The average molecular weight is 327 g/mol. The normalized spacial score (nSPS) is 11.5. The third-order valence-electron chi connectivity index (χ3n) is 3.76. The first-order valence-corrected chi connectivity index (χ1v) is 8.74. The summed E-state index contributed by atoms with van der Waals surface area (Å²) in [5.41, 5.74) is 3.68. The number of hydrogen-bond acceptors (Lipinski definition) is 2. The fourth-order valence-corrected chi connectivity index (χ4v) is 2.30. The molecule has 0 atom stereocenters. The predicted octanol–water partition coefficient (Wildman–Crippen LogP) is 3.04. The van der Waals surface area contributed by atoms with E-state index in [1.807, 2.05) is 10.9 Å². The summed E-state index contributed by atoms with van der Waals surface area (Å²) >= 11 is 0. The van der Waals surface area contributed by atoms with E-state index in [0.29, 0.717) is 6.54 Å². The molecule has 1 aromatic carbocycles. The molecule has 1 aromatic heterocycles. The van der Waals surface area contributed by atoms with E-state index in [1.165, 1.54) is 23.1 Å². The number of aliphatic imine (C=N–C) groups is 1. The highest BCUT2D eigenvalue weighted by Gasteiger charge is 2.00. The molecule has 0 spiro atoms. The highest BCUT2D eigenvalue weighted by molar-refractivity contribution is 5.79. The molecule has 0 unspecified atom stereocenters. The van der Waals surface area contributed by atoms with Crippen molar-refractivity contribution in [2.45, 2.75) is 46.7 Å². The number of guanidine groups is 1. The van der Waals surface area contributed by atoms with Gasteiger partial charge in [-0.05, 0) is 31.4 Å². The molecule has 1 heterocycles. The molecule has 0 amide bonds. The van der Waals surface area contributed by atoms with Crippen LogP contribution in [0.4, 0.5) is 0 Å². The Morgan fingerprint density at radius 1 is 1.08 bits per heavy atom. The van der Waals surface area contributed by atoms with Crippen molar-refractivity contribution < 1.29 is 0 Å². The molecular weight excluding hydrogens is 298 g/mol. The van der Waals surface area contributed by atoms with Crippen LogP contribution in [-0.2, 0) is 13.1 Å². The Balaban J connectivity index is 1.87. The summed E-state index contributed by atoms with van der Waals surface area (Å²) in [6.45, 7) is 9.60. The van der Waals surface area contributed by atoms with E-state index in [4.69, 9.17) is 4.99 Å².